The van der Waals surface area contributed by atoms with Crippen LogP contribution in [0, 0.1) is 5.92 Å². The number of benzene rings is 1. The minimum absolute atomic E-state index is 0.265. The van der Waals surface area contributed by atoms with Crippen LogP contribution < -0.4 is 16.4 Å². The van der Waals surface area contributed by atoms with Crippen LogP contribution in [0.1, 0.15) is 12.8 Å². The van der Waals surface area contributed by atoms with Crippen LogP contribution in [0.15, 0.2) is 18.2 Å². The number of nitrogen functional groups attached to an aromatic ring is 2. The van der Waals surface area contributed by atoms with Crippen molar-refractivity contribution < 1.29 is 5.11 Å². The highest BCUT2D eigenvalue weighted by Crippen LogP contribution is 2.27. The van der Waals surface area contributed by atoms with E-state index in [1.165, 1.54) is 0 Å². The number of anilines is 3. The third-order valence-electron chi connectivity index (χ3n) is 3.21. The highest BCUT2D eigenvalue weighted by molar-refractivity contribution is 5.69. The van der Waals surface area contributed by atoms with Crippen molar-refractivity contribution in [3.63, 3.8) is 0 Å². The lowest BCUT2D eigenvalue weighted by Crippen LogP contribution is -2.36. The zero-order valence-electron chi connectivity index (χ0n) is 9.39. The summed E-state index contributed by atoms with van der Waals surface area (Å²) < 4.78 is 0. The Hall–Kier alpha value is -1.42. The molecule has 1 unspecified atom stereocenters. The van der Waals surface area contributed by atoms with Crippen LogP contribution in [0.3, 0.4) is 0 Å². The first-order chi connectivity index (χ1) is 7.70. The Morgan fingerprint density at radius 2 is 2.12 bits per heavy atom. The van der Waals surface area contributed by atoms with Crippen LogP contribution in [0.5, 0.6) is 0 Å². The fourth-order valence-electron chi connectivity index (χ4n) is 2.21. The Morgan fingerprint density at radius 3 is 2.81 bits per heavy atom. The van der Waals surface area contributed by atoms with Gasteiger partial charge in [0.2, 0.25) is 0 Å². The normalized spacial score (nSPS) is 21.1. The van der Waals surface area contributed by atoms with Gasteiger partial charge in [-0.15, -0.1) is 0 Å². The first-order valence-electron chi connectivity index (χ1n) is 5.71. The molecule has 0 spiro atoms. The Morgan fingerprint density at radius 1 is 1.31 bits per heavy atom. The first kappa shape index (κ1) is 11.1. The fourth-order valence-corrected chi connectivity index (χ4v) is 2.21. The summed E-state index contributed by atoms with van der Waals surface area (Å²) in [6.07, 6.45) is 2.23. The molecule has 1 fully saturated rings. The van der Waals surface area contributed by atoms with Gasteiger partial charge in [0.25, 0.3) is 0 Å². The second-order valence-electron chi connectivity index (χ2n) is 4.45. The van der Waals surface area contributed by atoms with Gasteiger partial charge in [0.1, 0.15) is 0 Å². The Kier molecular flexibility index (Phi) is 3.19. The molecule has 1 heterocycles. The summed E-state index contributed by atoms with van der Waals surface area (Å²) in [6, 6.07) is 5.74. The smallest absolute Gasteiger partial charge is 0.0568 e. The lowest BCUT2D eigenvalue weighted by molar-refractivity contribution is 0.209. The van der Waals surface area contributed by atoms with Gasteiger partial charge in [-0.3, -0.25) is 0 Å². The Balaban J connectivity index is 2.13. The third-order valence-corrected chi connectivity index (χ3v) is 3.21. The van der Waals surface area contributed by atoms with E-state index in [9.17, 15) is 5.11 Å². The number of aliphatic hydroxyl groups is 1. The molecule has 1 aliphatic heterocycles. The molecule has 1 aliphatic rings. The maximum Gasteiger partial charge on any atom is 0.0568 e. The number of nitrogens with zero attached hydrogens (tertiary/aromatic N) is 1. The summed E-state index contributed by atoms with van der Waals surface area (Å²) in [5.74, 6) is 0.382. The second-order valence-corrected chi connectivity index (χ2v) is 4.45. The largest absolute Gasteiger partial charge is 0.397 e. The van der Waals surface area contributed by atoms with Crippen LogP contribution in [0.2, 0.25) is 0 Å². The quantitative estimate of drug-likeness (QED) is 0.653. The number of piperidine rings is 1. The van der Waals surface area contributed by atoms with Gasteiger partial charge in [0, 0.05) is 25.4 Å². The van der Waals surface area contributed by atoms with Gasteiger partial charge < -0.3 is 21.5 Å². The van der Waals surface area contributed by atoms with Gasteiger partial charge in [-0.25, -0.2) is 0 Å². The maximum absolute atomic E-state index is 9.18. The van der Waals surface area contributed by atoms with Crippen molar-refractivity contribution in [3.05, 3.63) is 18.2 Å². The van der Waals surface area contributed by atoms with Crippen LogP contribution in [0.25, 0.3) is 0 Å². The summed E-state index contributed by atoms with van der Waals surface area (Å²) in [4.78, 5) is 2.26. The van der Waals surface area contributed by atoms with Crippen molar-refractivity contribution >= 4 is 17.1 Å². The van der Waals surface area contributed by atoms with Crippen LogP contribution in [0.4, 0.5) is 17.1 Å². The molecule has 5 N–H and O–H groups in total. The van der Waals surface area contributed by atoms with E-state index in [2.05, 4.69) is 4.90 Å². The molecule has 0 saturated carbocycles. The zero-order valence-corrected chi connectivity index (χ0v) is 9.39. The van der Waals surface area contributed by atoms with E-state index in [1.54, 1.807) is 0 Å². The number of hydrogen-bond acceptors (Lipinski definition) is 4. The Bertz CT molecular complexity index is 367. The van der Waals surface area contributed by atoms with E-state index in [1.807, 2.05) is 18.2 Å². The van der Waals surface area contributed by atoms with E-state index >= 15 is 0 Å². The van der Waals surface area contributed by atoms with E-state index < -0.39 is 0 Å². The van der Waals surface area contributed by atoms with Crippen molar-refractivity contribution in [3.8, 4) is 0 Å². The minimum atomic E-state index is 0.265. The molecule has 4 heteroatoms. The summed E-state index contributed by atoms with van der Waals surface area (Å²) in [6.45, 7) is 2.20. The molecule has 1 saturated heterocycles. The molecule has 0 amide bonds. The predicted molar refractivity (Wildman–Crippen MR) is 67.3 cm³/mol. The zero-order chi connectivity index (χ0) is 11.5. The lowest BCUT2D eigenvalue weighted by atomic mass is 9.98. The molecular formula is C12H19N3O. The number of aliphatic hydroxyl groups excluding tert-OH is 1. The highest BCUT2D eigenvalue weighted by Gasteiger charge is 2.19. The standard InChI is InChI=1S/C12H19N3O/c13-11-4-3-10(6-12(11)14)15-5-1-2-9(7-15)8-16/h3-4,6,9,16H,1-2,5,7-8,13-14H2. The van der Waals surface area contributed by atoms with E-state index in [-0.39, 0.29) is 6.61 Å². The molecule has 16 heavy (non-hydrogen) atoms. The number of hydrogen-bond donors (Lipinski definition) is 3. The molecule has 88 valence electrons. The summed E-state index contributed by atoms with van der Waals surface area (Å²) in [7, 11) is 0. The lowest BCUT2D eigenvalue weighted by Gasteiger charge is -2.33. The van der Waals surface area contributed by atoms with E-state index in [0.717, 1.165) is 31.6 Å². The molecule has 0 radical (unpaired) electrons. The summed E-state index contributed by atoms with van der Waals surface area (Å²) in [5.41, 5.74) is 13.8. The van der Waals surface area contributed by atoms with Gasteiger partial charge >= 0.3 is 0 Å². The molecule has 0 bridgehead atoms. The molecule has 0 aliphatic carbocycles. The molecule has 1 atom stereocenters. The van der Waals surface area contributed by atoms with Crippen LogP contribution in [-0.4, -0.2) is 24.8 Å². The summed E-state index contributed by atoms with van der Waals surface area (Å²) >= 11 is 0. The van der Waals surface area contributed by atoms with Crippen LogP contribution in [-0.2, 0) is 0 Å². The molecular weight excluding hydrogens is 202 g/mol. The first-order valence-corrected chi connectivity index (χ1v) is 5.71. The molecule has 1 aromatic carbocycles. The molecule has 2 rings (SSSR count). The summed E-state index contributed by atoms with van der Waals surface area (Å²) in [5, 5.41) is 9.18. The van der Waals surface area contributed by atoms with Gasteiger partial charge in [-0.1, -0.05) is 0 Å². The number of nitrogens with two attached hydrogens (primary N) is 2. The second kappa shape index (κ2) is 4.61. The van der Waals surface area contributed by atoms with Gasteiger partial charge in [-0.2, -0.15) is 0 Å². The predicted octanol–water partition coefficient (Wildman–Crippen LogP) is 1.06. The van der Waals surface area contributed by atoms with Crippen molar-refractivity contribution in [2.75, 3.05) is 36.1 Å². The average molecular weight is 221 g/mol. The SMILES string of the molecule is Nc1ccc(N2CCCC(CO)C2)cc1N. The number of rotatable bonds is 2. The maximum atomic E-state index is 9.18. The average Bonchev–Trinajstić information content (AvgIpc) is 2.33. The Labute approximate surface area is 95.8 Å². The van der Waals surface area contributed by atoms with Crippen molar-refractivity contribution in [1.29, 1.82) is 0 Å². The van der Waals surface area contributed by atoms with Crippen molar-refractivity contribution in [1.82, 2.24) is 0 Å². The third kappa shape index (κ3) is 2.22. The van der Waals surface area contributed by atoms with Crippen molar-refractivity contribution in [2.24, 2.45) is 5.92 Å². The molecule has 1 aromatic rings. The van der Waals surface area contributed by atoms with E-state index in [4.69, 9.17) is 11.5 Å². The molecule has 4 nitrogen and oxygen atoms in total. The van der Waals surface area contributed by atoms with Gasteiger partial charge in [0.05, 0.1) is 11.4 Å². The highest BCUT2D eigenvalue weighted by atomic mass is 16.3. The molecule has 0 aromatic heterocycles. The van der Waals surface area contributed by atoms with Gasteiger partial charge in [-0.05, 0) is 37.0 Å². The van der Waals surface area contributed by atoms with Crippen molar-refractivity contribution in [2.45, 2.75) is 12.8 Å². The minimum Gasteiger partial charge on any atom is -0.397 e. The fraction of sp³-hybridized carbons (Fsp3) is 0.500. The monoisotopic (exact) mass is 221 g/mol. The van der Waals surface area contributed by atoms with Gasteiger partial charge in [0.15, 0.2) is 0 Å². The topological polar surface area (TPSA) is 75.5 Å². The van der Waals surface area contributed by atoms with Crippen LogP contribution >= 0.6 is 0 Å². The van der Waals surface area contributed by atoms with E-state index in [0.29, 0.717) is 17.3 Å².